The highest BCUT2D eigenvalue weighted by atomic mass is 15.6. The molecule has 0 saturated heterocycles. The monoisotopic (exact) mass is 253 g/mol. The molecule has 0 atom stereocenters. The predicted octanol–water partition coefficient (Wildman–Crippen LogP) is 0.674. The molecule has 3 aromatic rings. The molecule has 1 aromatic carbocycles. The number of aryl methyl sites for hydroxylation is 1. The van der Waals surface area contributed by atoms with Crippen LogP contribution in [0.3, 0.4) is 0 Å². The van der Waals surface area contributed by atoms with E-state index in [1.165, 1.54) is 4.80 Å². The number of hydrogen-bond acceptors (Lipinski definition) is 5. The van der Waals surface area contributed by atoms with Gasteiger partial charge in [0.05, 0.1) is 37.1 Å². The number of tetrazole rings is 1. The number of para-hydroxylation sites is 2. The van der Waals surface area contributed by atoms with Gasteiger partial charge in [-0.3, -0.25) is 0 Å². The van der Waals surface area contributed by atoms with Crippen molar-refractivity contribution in [3.8, 4) is 6.07 Å². The van der Waals surface area contributed by atoms with Gasteiger partial charge in [0.15, 0.2) is 5.82 Å². The maximum atomic E-state index is 8.89. The van der Waals surface area contributed by atoms with E-state index in [-0.39, 0.29) is 6.42 Å². The first-order valence-electron chi connectivity index (χ1n) is 5.82. The van der Waals surface area contributed by atoms with Gasteiger partial charge < -0.3 is 4.57 Å². The topological polar surface area (TPSA) is 85.2 Å². The summed E-state index contributed by atoms with van der Waals surface area (Å²) in [6.45, 7) is 0.464. The van der Waals surface area contributed by atoms with Crippen molar-refractivity contribution in [3.63, 3.8) is 0 Å². The van der Waals surface area contributed by atoms with Crippen molar-refractivity contribution in [1.82, 2.24) is 29.8 Å². The summed E-state index contributed by atoms with van der Waals surface area (Å²) in [7, 11) is 1.72. The zero-order valence-corrected chi connectivity index (χ0v) is 10.4. The van der Waals surface area contributed by atoms with Crippen LogP contribution in [0, 0.1) is 11.3 Å². The average Bonchev–Trinajstić information content (AvgIpc) is 2.96. The Hall–Kier alpha value is -2.75. The number of hydrogen-bond donors (Lipinski definition) is 0. The molecule has 0 spiro atoms. The molecule has 2 heterocycles. The van der Waals surface area contributed by atoms with Crippen LogP contribution in [0.1, 0.15) is 11.6 Å². The number of nitrogens with zero attached hydrogens (tertiary/aromatic N) is 7. The van der Waals surface area contributed by atoms with Crippen LogP contribution in [0.4, 0.5) is 0 Å². The zero-order valence-electron chi connectivity index (χ0n) is 10.4. The lowest BCUT2D eigenvalue weighted by Gasteiger charge is -2.03. The lowest BCUT2D eigenvalue weighted by atomic mass is 10.3. The average molecular weight is 253 g/mol. The Morgan fingerprint density at radius 2 is 2.16 bits per heavy atom. The van der Waals surface area contributed by atoms with Crippen LogP contribution < -0.4 is 0 Å². The molecule has 0 saturated carbocycles. The van der Waals surface area contributed by atoms with Gasteiger partial charge in [-0.1, -0.05) is 12.1 Å². The van der Waals surface area contributed by atoms with Crippen molar-refractivity contribution < 1.29 is 0 Å². The first kappa shape index (κ1) is 11.3. The number of fused-ring (bicyclic) bond motifs is 1. The molecule has 0 aliphatic carbocycles. The predicted molar refractivity (Wildman–Crippen MR) is 67.0 cm³/mol. The summed E-state index contributed by atoms with van der Waals surface area (Å²) < 4.78 is 1.95. The van der Waals surface area contributed by atoms with E-state index in [1.807, 2.05) is 28.8 Å². The van der Waals surface area contributed by atoms with E-state index >= 15 is 0 Å². The first-order chi connectivity index (χ1) is 9.28. The SMILES string of the molecule is Cn1nnc(Cn2c(CC#N)nc3ccccc32)n1. The molecular weight excluding hydrogens is 242 g/mol. The van der Waals surface area contributed by atoms with E-state index in [0.29, 0.717) is 12.4 Å². The Kier molecular flexibility index (Phi) is 2.68. The van der Waals surface area contributed by atoms with Crippen LogP contribution in [0.2, 0.25) is 0 Å². The van der Waals surface area contributed by atoms with Gasteiger partial charge in [0, 0.05) is 0 Å². The third-order valence-electron chi connectivity index (χ3n) is 2.82. The lowest BCUT2D eigenvalue weighted by molar-refractivity contribution is 0.624. The third kappa shape index (κ3) is 2.04. The Balaban J connectivity index is 2.09. The molecule has 0 fully saturated rings. The van der Waals surface area contributed by atoms with E-state index < -0.39 is 0 Å². The lowest BCUT2D eigenvalue weighted by Crippen LogP contribution is -2.06. The number of rotatable bonds is 3. The molecule has 0 aliphatic heterocycles. The van der Waals surface area contributed by atoms with E-state index in [9.17, 15) is 0 Å². The largest absolute Gasteiger partial charge is 0.319 e. The van der Waals surface area contributed by atoms with E-state index in [4.69, 9.17) is 5.26 Å². The van der Waals surface area contributed by atoms with Gasteiger partial charge in [-0.25, -0.2) is 4.98 Å². The van der Waals surface area contributed by atoms with Gasteiger partial charge in [-0.05, 0) is 17.3 Å². The Labute approximate surface area is 109 Å². The van der Waals surface area contributed by atoms with E-state index in [1.54, 1.807) is 7.05 Å². The second-order valence-corrected chi connectivity index (χ2v) is 4.13. The molecule has 0 unspecified atom stereocenters. The zero-order chi connectivity index (χ0) is 13.2. The summed E-state index contributed by atoms with van der Waals surface area (Å²) in [5.41, 5.74) is 1.84. The van der Waals surface area contributed by atoms with Crippen molar-refractivity contribution in [3.05, 3.63) is 35.9 Å². The van der Waals surface area contributed by atoms with Crippen LogP contribution in [0.15, 0.2) is 24.3 Å². The van der Waals surface area contributed by atoms with Gasteiger partial charge >= 0.3 is 0 Å². The van der Waals surface area contributed by atoms with Crippen molar-refractivity contribution in [2.24, 2.45) is 7.05 Å². The van der Waals surface area contributed by atoms with Gasteiger partial charge in [0.2, 0.25) is 0 Å². The molecule has 7 nitrogen and oxygen atoms in total. The fourth-order valence-electron chi connectivity index (χ4n) is 2.04. The third-order valence-corrected chi connectivity index (χ3v) is 2.82. The molecule has 0 bridgehead atoms. The molecule has 19 heavy (non-hydrogen) atoms. The molecule has 94 valence electrons. The molecular formula is C12H11N7. The highest BCUT2D eigenvalue weighted by Crippen LogP contribution is 2.17. The molecule has 2 aromatic heterocycles. The van der Waals surface area contributed by atoms with E-state index in [2.05, 4.69) is 26.5 Å². The summed E-state index contributed by atoms with van der Waals surface area (Å²) in [5.74, 6) is 1.32. The van der Waals surface area contributed by atoms with Crippen molar-refractivity contribution >= 4 is 11.0 Å². The highest BCUT2D eigenvalue weighted by molar-refractivity contribution is 5.76. The van der Waals surface area contributed by atoms with Crippen molar-refractivity contribution in [2.45, 2.75) is 13.0 Å². The fourth-order valence-corrected chi connectivity index (χ4v) is 2.04. The molecule has 7 heteroatoms. The quantitative estimate of drug-likeness (QED) is 0.685. The standard InChI is InChI=1S/C12H11N7/c1-18-16-11(15-17-18)8-19-10-5-3-2-4-9(10)14-12(19)6-7-13/h2-5H,6,8H2,1H3. The normalized spacial score (nSPS) is 10.7. The number of nitriles is 1. The summed E-state index contributed by atoms with van der Waals surface area (Å²) in [6, 6.07) is 9.90. The molecule has 3 rings (SSSR count). The summed E-state index contributed by atoms with van der Waals surface area (Å²) >= 11 is 0. The molecule has 0 N–H and O–H groups in total. The molecule has 0 amide bonds. The summed E-state index contributed by atoms with van der Waals surface area (Å²) in [5, 5.41) is 20.8. The minimum absolute atomic E-state index is 0.259. The number of imidazole rings is 1. The van der Waals surface area contributed by atoms with Crippen LogP contribution >= 0.6 is 0 Å². The maximum Gasteiger partial charge on any atom is 0.194 e. The number of aromatic nitrogens is 6. The molecule has 0 aliphatic rings. The highest BCUT2D eigenvalue weighted by Gasteiger charge is 2.12. The first-order valence-corrected chi connectivity index (χ1v) is 5.82. The second-order valence-electron chi connectivity index (χ2n) is 4.13. The Bertz CT molecular complexity index is 762. The van der Waals surface area contributed by atoms with Crippen LogP contribution in [0.5, 0.6) is 0 Å². The minimum Gasteiger partial charge on any atom is -0.319 e. The van der Waals surface area contributed by atoms with Gasteiger partial charge in [0.25, 0.3) is 0 Å². The second kappa shape index (κ2) is 4.49. The Morgan fingerprint density at radius 1 is 1.32 bits per heavy atom. The van der Waals surface area contributed by atoms with Crippen LogP contribution in [-0.4, -0.2) is 29.8 Å². The van der Waals surface area contributed by atoms with Crippen LogP contribution in [-0.2, 0) is 20.0 Å². The summed E-state index contributed by atoms with van der Waals surface area (Å²) in [4.78, 5) is 5.88. The van der Waals surface area contributed by atoms with Gasteiger partial charge in [-0.2, -0.15) is 10.1 Å². The maximum absolute atomic E-state index is 8.89. The smallest absolute Gasteiger partial charge is 0.194 e. The fraction of sp³-hybridized carbons (Fsp3) is 0.250. The van der Waals surface area contributed by atoms with Gasteiger partial charge in [-0.15, -0.1) is 10.2 Å². The number of benzene rings is 1. The van der Waals surface area contributed by atoms with Crippen molar-refractivity contribution in [2.75, 3.05) is 0 Å². The minimum atomic E-state index is 0.259. The summed E-state index contributed by atoms with van der Waals surface area (Å²) in [6.07, 6.45) is 0.259. The van der Waals surface area contributed by atoms with Crippen LogP contribution in [0.25, 0.3) is 11.0 Å². The van der Waals surface area contributed by atoms with Gasteiger partial charge in [0.1, 0.15) is 5.82 Å². The van der Waals surface area contributed by atoms with Crippen molar-refractivity contribution in [1.29, 1.82) is 5.26 Å². The van der Waals surface area contributed by atoms with E-state index in [0.717, 1.165) is 16.9 Å². The molecule has 0 radical (unpaired) electrons. The Morgan fingerprint density at radius 3 is 2.89 bits per heavy atom.